The first-order valence-electron chi connectivity index (χ1n) is 13.4. The van der Waals surface area contributed by atoms with E-state index >= 15 is 8.78 Å². The molecule has 0 radical (unpaired) electrons. The number of hydrogen-bond donors (Lipinski definition) is 0. The second kappa shape index (κ2) is 11.3. The predicted octanol–water partition coefficient (Wildman–Crippen LogP) is 6.90. The Balaban J connectivity index is 1.33. The van der Waals surface area contributed by atoms with Crippen molar-refractivity contribution in [1.29, 1.82) is 5.26 Å². The molecular weight excluding hydrogens is 559 g/mol. The van der Waals surface area contributed by atoms with Gasteiger partial charge in [-0.1, -0.05) is 12.1 Å². The summed E-state index contributed by atoms with van der Waals surface area (Å²) in [5, 5.41) is 9.02. The van der Waals surface area contributed by atoms with Crippen LogP contribution in [0, 0.1) is 28.8 Å². The number of halogens is 3. The molecule has 1 aliphatic rings. The van der Waals surface area contributed by atoms with Crippen LogP contribution in [-0.2, 0) is 17.7 Å². The summed E-state index contributed by atoms with van der Waals surface area (Å²) in [6.45, 7) is 2.18. The van der Waals surface area contributed by atoms with Crippen molar-refractivity contribution in [3.63, 3.8) is 0 Å². The van der Waals surface area contributed by atoms with Crippen LogP contribution in [0.3, 0.4) is 0 Å². The zero-order valence-electron chi connectivity index (χ0n) is 23.2. The summed E-state index contributed by atoms with van der Waals surface area (Å²) in [4.78, 5) is 16.6. The van der Waals surface area contributed by atoms with Crippen LogP contribution in [0.25, 0.3) is 22.2 Å². The van der Waals surface area contributed by atoms with E-state index in [2.05, 4.69) is 4.98 Å². The fraction of sp³-hybridized carbons (Fsp3) is 0.182. The van der Waals surface area contributed by atoms with Gasteiger partial charge in [0.05, 0.1) is 34.8 Å². The van der Waals surface area contributed by atoms with Crippen LogP contribution < -0.4 is 9.47 Å². The minimum Gasteiger partial charge on any atom is -0.447 e. The van der Waals surface area contributed by atoms with Gasteiger partial charge in [0.15, 0.2) is 17.3 Å². The Hall–Kier alpha value is -5.14. The number of para-hydroxylation sites is 1. The number of benzene rings is 4. The molecule has 0 spiro atoms. The minimum atomic E-state index is -1.14. The van der Waals surface area contributed by atoms with Gasteiger partial charge < -0.3 is 18.8 Å². The molecule has 1 aromatic heterocycles. The number of rotatable bonds is 8. The number of hydrogen-bond acceptors (Lipinski definition) is 6. The number of nitriles is 1. The standard InChI is InChI=1S/C33H24F3N3O4/c1-18(40)20-7-9-28-29(15-20)39(10-11-41-2)31(38-28)16-24-26(35)13-21(14-27(24)36)22-4-3-5-30-32(22)43-33(42-30)23-8-6-19(17-37)12-25(23)34/h3-9,12-15,33H,10-11,16H2,1-2H3/t33-/m1/s1. The highest BCUT2D eigenvalue weighted by Crippen LogP contribution is 2.47. The number of Topliss-reactive ketones (excluding diaryl/α,β-unsaturated/α-hetero) is 1. The lowest BCUT2D eigenvalue weighted by Crippen LogP contribution is -2.11. The third kappa shape index (κ3) is 5.19. The number of nitrogens with zero attached hydrogens (tertiary/aromatic N) is 3. The number of aromatic nitrogens is 2. The lowest BCUT2D eigenvalue weighted by molar-refractivity contribution is 0.0457. The minimum absolute atomic E-state index is 0.0839. The molecule has 10 heteroatoms. The number of carbonyl (C=O) groups excluding carboxylic acids is 1. The van der Waals surface area contributed by atoms with Gasteiger partial charge in [-0.2, -0.15) is 5.26 Å². The zero-order valence-corrected chi connectivity index (χ0v) is 23.2. The second-order valence-corrected chi connectivity index (χ2v) is 10.1. The number of carbonyl (C=O) groups is 1. The number of ether oxygens (including phenoxy) is 3. The van der Waals surface area contributed by atoms with Crippen molar-refractivity contribution in [3.8, 4) is 28.7 Å². The monoisotopic (exact) mass is 583 g/mol. The first kappa shape index (κ1) is 28.0. The summed E-state index contributed by atoms with van der Waals surface area (Å²) in [6, 6.07) is 18.2. The molecule has 0 aliphatic carbocycles. The molecule has 0 saturated heterocycles. The fourth-order valence-electron chi connectivity index (χ4n) is 5.16. The summed E-state index contributed by atoms with van der Waals surface area (Å²) < 4.78 is 64.6. The van der Waals surface area contributed by atoms with Crippen LogP contribution in [0.5, 0.6) is 11.5 Å². The second-order valence-electron chi connectivity index (χ2n) is 10.1. The predicted molar refractivity (Wildman–Crippen MR) is 151 cm³/mol. The van der Waals surface area contributed by atoms with Crippen molar-refractivity contribution >= 4 is 16.8 Å². The largest absolute Gasteiger partial charge is 0.447 e. The lowest BCUT2D eigenvalue weighted by atomic mass is 10.00. The van der Waals surface area contributed by atoms with Crippen molar-refractivity contribution < 1.29 is 32.2 Å². The maximum absolute atomic E-state index is 15.6. The van der Waals surface area contributed by atoms with E-state index in [-0.39, 0.29) is 46.0 Å². The van der Waals surface area contributed by atoms with E-state index in [4.69, 9.17) is 19.5 Å². The molecule has 1 aliphatic heterocycles. The van der Waals surface area contributed by atoms with Crippen LogP contribution in [0.2, 0.25) is 0 Å². The Labute approximate surface area is 244 Å². The third-order valence-corrected chi connectivity index (χ3v) is 7.36. The van der Waals surface area contributed by atoms with Crippen molar-refractivity contribution in [2.75, 3.05) is 13.7 Å². The van der Waals surface area contributed by atoms with E-state index in [0.29, 0.717) is 41.1 Å². The molecule has 0 N–H and O–H groups in total. The Morgan fingerprint density at radius 3 is 2.51 bits per heavy atom. The highest BCUT2D eigenvalue weighted by atomic mass is 19.1. The maximum atomic E-state index is 15.6. The highest BCUT2D eigenvalue weighted by molar-refractivity contribution is 5.97. The molecular formula is C33H24F3N3O4. The number of fused-ring (bicyclic) bond motifs is 2. The maximum Gasteiger partial charge on any atom is 0.270 e. The van der Waals surface area contributed by atoms with Gasteiger partial charge in [-0.05, 0) is 67.1 Å². The van der Waals surface area contributed by atoms with E-state index < -0.39 is 23.7 Å². The topological polar surface area (TPSA) is 86.4 Å². The van der Waals surface area contributed by atoms with Gasteiger partial charge in [-0.3, -0.25) is 4.79 Å². The third-order valence-electron chi connectivity index (χ3n) is 7.36. The molecule has 0 fully saturated rings. The smallest absolute Gasteiger partial charge is 0.270 e. The molecule has 4 aromatic carbocycles. The van der Waals surface area contributed by atoms with Gasteiger partial charge >= 0.3 is 0 Å². The molecule has 0 unspecified atom stereocenters. The first-order chi connectivity index (χ1) is 20.8. The van der Waals surface area contributed by atoms with E-state index in [1.807, 2.05) is 6.07 Å². The molecule has 6 rings (SSSR count). The van der Waals surface area contributed by atoms with Gasteiger partial charge in [-0.25, -0.2) is 18.2 Å². The van der Waals surface area contributed by atoms with E-state index in [1.54, 1.807) is 48.1 Å². The Kier molecular flexibility index (Phi) is 7.34. The summed E-state index contributed by atoms with van der Waals surface area (Å²) in [5.41, 5.74) is 2.40. The van der Waals surface area contributed by atoms with Crippen LogP contribution >= 0.6 is 0 Å². The average molecular weight is 584 g/mol. The molecule has 216 valence electrons. The van der Waals surface area contributed by atoms with Crippen molar-refractivity contribution in [2.45, 2.75) is 26.2 Å². The highest BCUT2D eigenvalue weighted by Gasteiger charge is 2.31. The van der Waals surface area contributed by atoms with Gasteiger partial charge in [0.2, 0.25) is 0 Å². The van der Waals surface area contributed by atoms with Crippen molar-refractivity contribution in [3.05, 3.63) is 112 Å². The normalized spacial score (nSPS) is 13.8. The fourth-order valence-corrected chi connectivity index (χ4v) is 5.16. The van der Waals surface area contributed by atoms with Crippen LogP contribution in [0.4, 0.5) is 13.2 Å². The van der Waals surface area contributed by atoms with E-state index in [9.17, 15) is 9.18 Å². The van der Waals surface area contributed by atoms with Crippen molar-refractivity contribution in [2.24, 2.45) is 0 Å². The lowest BCUT2D eigenvalue weighted by Gasteiger charge is -2.13. The average Bonchev–Trinajstić information content (AvgIpc) is 3.58. The van der Waals surface area contributed by atoms with Gasteiger partial charge in [0, 0.05) is 36.8 Å². The Morgan fingerprint density at radius 1 is 1.02 bits per heavy atom. The molecule has 5 aromatic rings. The summed E-state index contributed by atoms with van der Waals surface area (Å²) >= 11 is 0. The number of imidazole rings is 1. The summed E-state index contributed by atoms with van der Waals surface area (Å²) in [7, 11) is 1.55. The number of methoxy groups -OCH3 is 1. The van der Waals surface area contributed by atoms with Crippen LogP contribution in [0.1, 0.15) is 46.1 Å². The summed E-state index contributed by atoms with van der Waals surface area (Å²) in [6.07, 6.45) is -1.28. The van der Waals surface area contributed by atoms with Crippen LogP contribution in [0.15, 0.2) is 66.7 Å². The molecule has 0 saturated carbocycles. The Morgan fingerprint density at radius 2 is 1.81 bits per heavy atom. The van der Waals surface area contributed by atoms with Gasteiger partial charge in [0.25, 0.3) is 6.29 Å². The van der Waals surface area contributed by atoms with Gasteiger partial charge in [0.1, 0.15) is 23.3 Å². The van der Waals surface area contributed by atoms with Crippen molar-refractivity contribution in [1.82, 2.24) is 9.55 Å². The SMILES string of the molecule is COCCn1c(Cc2c(F)cc(-c3cccc4c3O[C@H](c3ccc(C#N)cc3F)O4)cc2F)nc2ccc(C(C)=O)cc21. The van der Waals surface area contributed by atoms with E-state index in [1.165, 1.54) is 31.2 Å². The summed E-state index contributed by atoms with van der Waals surface area (Å²) in [5.74, 6) is -1.42. The zero-order chi connectivity index (χ0) is 30.2. The van der Waals surface area contributed by atoms with Crippen LogP contribution in [-0.4, -0.2) is 29.1 Å². The van der Waals surface area contributed by atoms with E-state index in [0.717, 1.165) is 6.07 Å². The molecule has 0 amide bonds. The number of ketones is 1. The molecule has 2 heterocycles. The molecule has 1 atom stereocenters. The quantitative estimate of drug-likeness (QED) is 0.185. The molecule has 7 nitrogen and oxygen atoms in total. The molecule has 0 bridgehead atoms. The van der Waals surface area contributed by atoms with Gasteiger partial charge in [-0.15, -0.1) is 0 Å². The Bertz CT molecular complexity index is 1920. The first-order valence-corrected chi connectivity index (χ1v) is 13.4. The molecule has 43 heavy (non-hydrogen) atoms.